The van der Waals surface area contributed by atoms with Crippen molar-refractivity contribution >= 4 is 43.6 Å². The number of nitrogens with zero attached hydrogens (tertiary/aromatic N) is 1. The Kier molecular flexibility index (Phi) is 7.97. The van der Waals surface area contributed by atoms with Crippen LogP contribution in [0.25, 0.3) is 33.4 Å². The summed E-state index contributed by atoms with van der Waals surface area (Å²) in [6.45, 7) is 19.1. The zero-order valence-electron chi connectivity index (χ0n) is 29.7. The van der Waals surface area contributed by atoms with Gasteiger partial charge in [0, 0.05) is 22.5 Å². The van der Waals surface area contributed by atoms with Crippen molar-refractivity contribution < 1.29 is 0 Å². The Hall–Kier alpha value is -4.45. The normalized spacial score (nSPS) is 13.6. The van der Waals surface area contributed by atoms with Gasteiger partial charge in [0.2, 0.25) is 0 Å². The molecule has 7 rings (SSSR count). The van der Waals surface area contributed by atoms with Gasteiger partial charge >= 0.3 is 0 Å². The lowest BCUT2D eigenvalue weighted by Gasteiger charge is -2.28. The average Bonchev–Trinajstić information content (AvgIpc) is 3.31. The lowest BCUT2D eigenvalue weighted by atomic mass is 9.82. The van der Waals surface area contributed by atoms with Gasteiger partial charge in [-0.15, -0.1) is 0 Å². The predicted molar refractivity (Wildman–Crippen MR) is 216 cm³/mol. The van der Waals surface area contributed by atoms with E-state index in [2.05, 4.69) is 198 Å². The monoisotopic (exact) mass is 657 g/mol. The standard InChI is InChI=1S/C45H47NSi2/c1-45(2)43-12-10-9-11-41(43)42-30-25-38(31-44(42)45)46(36-21-13-32(14-22-36)34-17-26-39(27-18-34)47(3,4)5)37-23-15-33(16-24-37)35-19-28-40(29-20-35)48(6,7)8/h9-31H,1-8H3. The number of anilines is 3. The summed E-state index contributed by atoms with van der Waals surface area (Å²) in [5.74, 6) is 0. The van der Waals surface area contributed by atoms with Crippen LogP contribution < -0.4 is 15.3 Å². The molecular weight excluding hydrogens is 611 g/mol. The van der Waals surface area contributed by atoms with Crippen molar-refractivity contribution in [2.75, 3.05) is 4.90 Å². The van der Waals surface area contributed by atoms with Crippen molar-refractivity contribution in [2.45, 2.75) is 58.5 Å². The lowest BCUT2D eigenvalue weighted by molar-refractivity contribution is 0.660. The van der Waals surface area contributed by atoms with Gasteiger partial charge in [-0.2, -0.15) is 0 Å². The Morgan fingerprint density at radius 3 is 1.21 bits per heavy atom. The van der Waals surface area contributed by atoms with Gasteiger partial charge in [0.1, 0.15) is 0 Å². The molecule has 1 nitrogen and oxygen atoms in total. The minimum absolute atomic E-state index is 0.0640. The van der Waals surface area contributed by atoms with E-state index in [1.165, 1.54) is 60.6 Å². The van der Waals surface area contributed by atoms with Crippen LogP contribution in [0.3, 0.4) is 0 Å². The van der Waals surface area contributed by atoms with E-state index in [-0.39, 0.29) is 5.41 Å². The first-order valence-electron chi connectivity index (χ1n) is 17.3. The molecule has 3 heteroatoms. The number of fused-ring (bicyclic) bond motifs is 3. The Morgan fingerprint density at radius 1 is 0.396 bits per heavy atom. The topological polar surface area (TPSA) is 3.24 Å². The maximum atomic E-state index is 2.42. The number of hydrogen-bond acceptors (Lipinski definition) is 1. The molecule has 0 unspecified atom stereocenters. The molecule has 0 saturated carbocycles. The van der Waals surface area contributed by atoms with Crippen molar-refractivity contribution in [1.29, 1.82) is 0 Å². The van der Waals surface area contributed by atoms with Crippen molar-refractivity contribution in [3.05, 3.63) is 151 Å². The fourth-order valence-electron chi connectivity index (χ4n) is 7.21. The van der Waals surface area contributed by atoms with E-state index in [0.717, 1.165) is 11.4 Å². The molecule has 0 saturated heterocycles. The highest BCUT2D eigenvalue weighted by atomic mass is 28.3. The van der Waals surface area contributed by atoms with Crippen LogP contribution in [0.4, 0.5) is 17.1 Å². The molecule has 1 aliphatic carbocycles. The maximum absolute atomic E-state index is 2.42. The first-order valence-corrected chi connectivity index (χ1v) is 24.3. The number of hydrogen-bond donors (Lipinski definition) is 0. The third-order valence-electron chi connectivity index (χ3n) is 10.2. The van der Waals surface area contributed by atoms with Gasteiger partial charge in [-0.3, -0.25) is 0 Å². The molecular formula is C45H47NSi2. The van der Waals surface area contributed by atoms with Crippen LogP contribution in [-0.4, -0.2) is 16.1 Å². The fraction of sp³-hybridized carbons (Fsp3) is 0.200. The molecule has 0 amide bonds. The zero-order valence-corrected chi connectivity index (χ0v) is 31.7. The van der Waals surface area contributed by atoms with E-state index in [1.54, 1.807) is 0 Å². The van der Waals surface area contributed by atoms with Gasteiger partial charge in [0.25, 0.3) is 0 Å². The van der Waals surface area contributed by atoms with E-state index in [4.69, 9.17) is 0 Å². The molecule has 0 radical (unpaired) electrons. The molecule has 6 aromatic carbocycles. The SMILES string of the molecule is CC1(C)c2ccccc2-c2ccc(N(c3ccc(-c4ccc([Si](C)(C)C)cc4)cc3)c3ccc(-c4ccc([Si](C)(C)C)cc4)cc3)cc21. The van der Waals surface area contributed by atoms with Gasteiger partial charge in [0.15, 0.2) is 0 Å². The molecule has 6 aromatic rings. The minimum Gasteiger partial charge on any atom is -0.310 e. The zero-order chi connectivity index (χ0) is 33.8. The van der Waals surface area contributed by atoms with E-state index in [1.807, 2.05) is 0 Å². The van der Waals surface area contributed by atoms with Gasteiger partial charge in [-0.05, 0) is 80.9 Å². The summed E-state index contributed by atoms with van der Waals surface area (Å²) < 4.78 is 0. The van der Waals surface area contributed by atoms with Crippen molar-refractivity contribution in [1.82, 2.24) is 0 Å². The average molecular weight is 658 g/mol. The van der Waals surface area contributed by atoms with Crippen LogP contribution in [-0.2, 0) is 5.41 Å². The molecule has 1 aliphatic rings. The third kappa shape index (κ3) is 5.91. The Morgan fingerprint density at radius 2 is 0.771 bits per heavy atom. The van der Waals surface area contributed by atoms with Crippen LogP contribution in [0.5, 0.6) is 0 Å². The molecule has 0 N–H and O–H groups in total. The van der Waals surface area contributed by atoms with Crippen LogP contribution in [0.15, 0.2) is 140 Å². The number of benzene rings is 6. The first kappa shape index (κ1) is 32.1. The number of rotatable bonds is 7. The summed E-state index contributed by atoms with van der Waals surface area (Å²) >= 11 is 0. The van der Waals surface area contributed by atoms with Crippen LogP contribution >= 0.6 is 0 Å². The first-order chi connectivity index (χ1) is 22.8. The van der Waals surface area contributed by atoms with E-state index >= 15 is 0 Å². The molecule has 0 spiro atoms. The second-order valence-electron chi connectivity index (χ2n) is 16.0. The summed E-state index contributed by atoms with van der Waals surface area (Å²) in [5.41, 5.74) is 13.9. The lowest BCUT2D eigenvalue weighted by Crippen LogP contribution is -2.37. The summed E-state index contributed by atoms with van der Waals surface area (Å²) in [4.78, 5) is 2.41. The molecule has 0 heterocycles. The smallest absolute Gasteiger partial charge is 0.0775 e. The van der Waals surface area contributed by atoms with Crippen molar-refractivity contribution in [3.8, 4) is 33.4 Å². The molecule has 240 valence electrons. The highest BCUT2D eigenvalue weighted by Crippen LogP contribution is 2.50. The quantitative estimate of drug-likeness (QED) is 0.154. The van der Waals surface area contributed by atoms with E-state index in [9.17, 15) is 0 Å². The highest BCUT2D eigenvalue weighted by molar-refractivity contribution is 6.89. The van der Waals surface area contributed by atoms with Crippen molar-refractivity contribution in [2.24, 2.45) is 0 Å². The minimum atomic E-state index is -1.34. The molecule has 0 aromatic heterocycles. The largest absolute Gasteiger partial charge is 0.310 e. The van der Waals surface area contributed by atoms with Gasteiger partial charge in [-0.1, -0.05) is 167 Å². The second-order valence-corrected chi connectivity index (χ2v) is 26.1. The summed E-state index contributed by atoms with van der Waals surface area (Å²) in [7, 11) is -2.67. The van der Waals surface area contributed by atoms with E-state index < -0.39 is 16.1 Å². The maximum Gasteiger partial charge on any atom is 0.0775 e. The van der Waals surface area contributed by atoms with Crippen LogP contribution in [0.1, 0.15) is 25.0 Å². The Bertz CT molecular complexity index is 1970. The molecule has 0 aliphatic heterocycles. The fourth-order valence-corrected chi connectivity index (χ4v) is 9.54. The summed E-state index contributed by atoms with van der Waals surface area (Å²) in [6.07, 6.45) is 0. The Balaban J connectivity index is 1.28. The van der Waals surface area contributed by atoms with E-state index in [0.29, 0.717) is 0 Å². The van der Waals surface area contributed by atoms with Crippen molar-refractivity contribution in [3.63, 3.8) is 0 Å². The summed E-state index contributed by atoms with van der Waals surface area (Å²) in [6, 6.07) is 52.6. The molecule has 0 fully saturated rings. The van der Waals surface area contributed by atoms with Gasteiger partial charge < -0.3 is 4.90 Å². The molecule has 0 atom stereocenters. The van der Waals surface area contributed by atoms with Gasteiger partial charge in [0.05, 0.1) is 16.1 Å². The van der Waals surface area contributed by atoms with Gasteiger partial charge in [-0.25, -0.2) is 0 Å². The highest BCUT2D eigenvalue weighted by Gasteiger charge is 2.35. The van der Waals surface area contributed by atoms with Crippen LogP contribution in [0, 0.1) is 0 Å². The predicted octanol–water partition coefficient (Wildman–Crippen LogP) is 11.9. The molecule has 0 bridgehead atoms. The molecule has 48 heavy (non-hydrogen) atoms. The third-order valence-corrected chi connectivity index (χ3v) is 14.4. The van der Waals surface area contributed by atoms with Crippen LogP contribution in [0.2, 0.25) is 39.3 Å². The Labute approximate surface area is 290 Å². The summed E-state index contributed by atoms with van der Waals surface area (Å²) in [5, 5.41) is 2.98. The second kappa shape index (κ2) is 11.9.